The molecule has 3 rings (SSSR count). The van der Waals surface area contributed by atoms with Crippen LogP contribution in [0.5, 0.6) is 0 Å². The van der Waals surface area contributed by atoms with Gasteiger partial charge in [0.05, 0.1) is 27.0 Å². The normalized spacial score (nSPS) is 17.5. The number of hydrogen-bond acceptors (Lipinski definition) is 8. The predicted octanol–water partition coefficient (Wildman–Crippen LogP) is 2.01. The molecule has 0 spiro atoms. The molecule has 2 aromatic rings. The van der Waals surface area contributed by atoms with Gasteiger partial charge in [-0.1, -0.05) is 12.1 Å². The molecule has 1 amide bonds. The molecule has 0 bridgehead atoms. The number of carbonyl (C=O) groups is 3. The smallest absolute Gasteiger partial charge is 0.323 e. The van der Waals surface area contributed by atoms with Crippen LogP contribution in [0.25, 0.3) is 5.76 Å². The Hall–Kier alpha value is -4.61. The molecule has 0 aliphatic carbocycles. The summed E-state index contributed by atoms with van der Waals surface area (Å²) in [6.07, 6.45) is 0. The lowest BCUT2D eigenvalue weighted by Crippen LogP contribution is -2.34. The Labute approximate surface area is 172 Å². The average molecular weight is 427 g/mol. The zero-order valence-electron chi connectivity index (χ0n) is 15.5. The van der Waals surface area contributed by atoms with Gasteiger partial charge in [0.25, 0.3) is 23.1 Å². The van der Waals surface area contributed by atoms with E-state index in [1.54, 1.807) is 0 Å². The maximum absolute atomic E-state index is 12.7. The van der Waals surface area contributed by atoms with Gasteiger partial charge in [0.15, 0.2) is 0 Å². The number of benzene rings is 2. The summed E-state index contributed by atoms with van der Waals surface area (Å²) in [5.41, 5.74) is -1.58. The first-order valence-corrected chi connectivity index (χ1v) is 8.61. The molecule has 12 nitrogen and oxygen atoms in total. The summed E-state index contributed by atoms with van der Waals surface area (Å²) < 4.78 is 0. The second-order valence-corrected chi connectivity index (χ2v) is 6.44. The van der Waals surface area contributed by atoms with Gasteiger partial charge in [-0.25, -0.2) is 0 Å². The molecular formula is C19H13N3O9. The Balaban J connectivity index is 2.25. The number of carbonyl (C=O) groups excluding carboxylic acids is 2. The zero-order valence-corrected chi connectivity index (χ0v) is 15.5. The highest BCUT2D eigenvalue weighted by molar-refractivity contribution is 6.47. The number of aliphatic hydroxyl groups excluding tert-OH is 1. The van der Waals surface area contributed by atoms with Gasteiger partial charge in [0.2, 0.25) is 0 Å². The van der Waals surface area contributed by atoms with Crippen LogP contribution in [0.2, 0.25) is 0 Å². The number of aliphatic carboxylic acids is 1. The summed E-state index contributed by atoms with van der Waals surface area (Å²) in [5, 5.41) is 42.2. The van der Waals surface area contributed by atoms with E-state index in [0.29, 0.717) is 4.90 Å². The molecule has 1 atom stereocenters. The quantitative estimate of drug-likeness (QED) is 0.229. The monoisotopic (exact) mass is 427 g/mol. The molecule has 12 heteroatoms. The van der Waals surface area contributed by atoms with Crippen LogP contribution in [0.1, 0.15) is 17.2 Å². The highest BCUT2D eigenvalue weighted by Gasteiger charge is 2.48. The molecule has 2 N–H and O–H groups in total. The number of amides is 1. The third-order valence-electron chi connectivity index (χ3n) is 4.63. The molecule has 1 aliphatic rings. The van der Waals surface area contributed by atoms with Crippen molar-refractivity contribution in [1.29, 1.82) is 0 Å². The Morgan fingerprint density at radius 2 is 1.58 bits per heavy atom. The maximum atomic E-state index is 12.7. The number of carboxylic acid groups (broad SMARTS) is 1. The van der Waals surface area contributed by atoms with Crippen LogP contribution in [-0.4, -0.2) is 49.2 Å². The number of nitrogens with zero attached hydrogens (tertiary/aromatic N) is 3. The van der Waals surface area contributed by atoms with Crippen molar-refractivity contribution in [3.05, 3.63) is 85.5 Å². The highest BCUT2D eigenvalue weighted by Crippen LogP contribution is 2.42. The first-order chi connectivity index (χ1) is 14.6. The summed E-state index contributed by atoms with van der Waals surface area (Å²) in [6.45, 7) is -0.946. The number of para-hydroxylation sites is 1. The van der Waals surface area contributed by atoms with E-state index < -0.39 is 57.1 Å². The van der Waals surface area contributed by atoms with Crippen LogP contribution in [0.4, 0.5) is 11.4 Å². The van der Waals surface area contributed by atoms with Gasteiger partial charge in [-0.2, -0.15) is 0 Å². The number of Topliss-reactive ketones (excluding diaryl/α,β-unsaturated/α-hetero) is 1. The molecule has 2 aromatic carbocycles. The highest BCUT2D eigenvalue weighted by atomic mass is 16.6. The zero-order chi connectivity index (χ0) is 22.9. The summed E-state index contributed by atoms with van der Waals surface area (Å²) in [7, 11) is 0. The van der Waals surface area contributed by atoms with Crippen LogP contribution in [-0.2, 0) is 14.4 Å². The van der Waals surface area contributed by atoms with E-state index >= 15 is 0 Å². The van der Waals surface area contributed by atoms with Gasteiger partial charge < -0.3 is 15.1 Å². The number of nitro benzene ring substituents is 2. The minimum Gasteiger partial charge on any atom is -0.507 e. The molecule has 1 saturated heterocycles. The molecule has 0 unspecified atom stereocenters. The van der Waals surface area contributed by atoms with Crippen molar-refractivity contribution in [2.45, 2.75) is 6.04 Å². The van der Waals surface area contributed by atoms with Gasteiger partial charge in [0, 0.05) is 23.8 Å². The molecule has 0 saturated carbocycles. The number of hydrogen-bond donors (Lipinski definition) is 2. The lowest BCUT2D eigenvalue weighted by molar-refractivity contribution is -0.385. The molecule has 0 radical (unpaired) electrons. The van der Waals surface area contributed by atoms with Crippen LogP contribution >= 0.6 is 0 Å². The minimum absolute atomic E-state index is 0.0671. The minimum atomic E-state index is -1.55. The number of nitro groups is 2. The van der Waals surface area contributed by atoms with E-state index in [-0.39, 0.29) is 16.8 Å². The number of likely N-dealkylation sites (tertiary alicyclic amines) is 1. The summed E-state index contributed by atoms with van der Waals surface area (Å²) in [4.78, 5) is 57.9. The fraction of sp³-hybridized carbons (Fsp3) is 0.105. The maximum Gasteiger partial charge on any atom is 0.323 e. The van der Waals surface area contributed by atoms with Crippen molar-refractivity contribution in [2.75, 3.05) is 6.54 Å². The molecule has 0 aromatic heterocycles. The van der Waals surface area contributed by atoms with Gasteiger partial charge in [-0.05, 0) is 18.2 Å². The molecule has 1 fully saturated rings. The fourth-order valence-corrected chi connectivity index (χ4v) is 3.29. The van der Waals surface area contributed by atoms with Crippen LogP contribution in [0, 0.1) is 20.2 Å². The van der Waals surface area contributed by atoms with Crippen molar-refractivity contribution < 1.29 is 34.4 Å². The summed E-state index contributed by atoms with van der Waals surface area (Å²) in [6, 6.07) is 7.94. The van der Waals surface area contributed by atoms with E-state index in [4.69, 9.17) is 5.11 Å². The lowest BCUT2D eigenvalue weighted by Gasteiger charge is -2.23. The average Bonchev–Trinajstić information content (AvgIpc) is 2.97. The topological polar surface area (TPSA) is 181 Å². The SMILES string of the molecule is O=C(O)CN1C(=O)C(=O)C(=C(O)c2ccc([N+](=O)[O-])cc2)[C@H]1c1ccccc1[N+](=O)[O-]. The number of aliphatic hydroxyl groups is 1. The molecule has 1 heterocycles. The molecule has 31 heavy (non-hydrogen) atoms. The largest absolute Gasteiger partial charge is 0.507 e. The number of rotatable bonds is 6. The lowest BCUT2D eigenvalue weighted by atomic mass is 9.94. The van der Waals surface area contributed by atoms with Crippen molar-refractivity contribution >= 4 is 34.8 Å². The van der Waals surface area contributed by atoms with E-state index in [1.807, 2.05) is 0 Å². The van der Waals surface area contributed by atoms with Crippen molar-refractivity contribution in [3.63, 3.8) is 0 Å². The fourth-order valence-electron chi connectivity index (χ4n) is 3.29. The number of non-ortho nitro benzene ring substituents is 1. The molecule has 1 aliphatic heterocycles. The first-order valence-electron chi connectivity index (χ1n) is 8.61. The van der Waals surface area contributed by atoms with Crippen molar-refractivity contribution in [1.82, 2.24) is 4.90 Å². The Morgan fingerprint density at radius 1 is 0.968 bits per heavy atom. The molecular weight excluding hydrogens is 414 g/mol. The van der Waals surface area contributed by atoms with Crippen LogP contribution < -0.4 is 0 Å². The van der Waals surface area contributed by atoms with Crippen LogP contribution in [0.3, 0.4) is 0 Å². The van der Waals surface area contributed by atoms with E-state index in [2.05, 4.69) is 0 Å². The van der Waals surface area contributed by atoms with Crippen LogP contribution in [0.15, 0.2) is 54.1 Å². The first kappa shape index (κ1) is 21.1. The third-order valence-corrected chi connectivity index (χ3v) is 4.63. The van der Waals surface area contributed by atoms with Gasteiger partial charge >= 0.3 is 5.97 Å². The van der Waals surface area contributed by atoms with Gasteiger partial charge in [-0.3, -0.25) is 34.6 Å². The Bertz CT molecular complexity index is 1150. The summed E-state index contributed by atoms with van der Waals surface area (Å²) >= 11 is 0. The van der Waals surface area contributed by atoms with E-state index in [1.165, 1.54) is 18.2 Å². The van der Waals surface area contributed by atoms with Gasteiger partial charge in [-0.15, -0.1) is 0 Å². The van der Waals surface area contributed by atoms with E-state index in [0.717, 1.165) is 30.3 Å². The second-order valence-electron chi connectivity index (χ2n) is 6.44. The predicted molar refractivity (Wildman–Crippen MR) is 103 cm³/mol. The Kier molecular flexibility index (Phi) is 5.46. The molecule has 158 valence electrons. The standard InChI is InChI=1S/C19H13N3O9/c23-14(24)9-20-16(12-3-1-2-4-13(12)22(30)31)15(18(26)19(20)27)17(25)10-5-7-11(8-6-10)21(28)29/h1-8,16,25H,9H2,(H,23,24)/t16-/m1/s1. The second kappa shape index (κ2) is 8.02. The Morgan fingerprint density at radius 3 is 2.13 bits per heavy atom. The third kappa shape index (κ3) is 3.81. The van der Waals surface area contributed by atoms with Crippen molar-refractivity contribution in [2.24, 2.45) is 0 Å². The summed E-state index contributed by atoms with van der Waals surface area (Å²) in [5.74, 6) is -4.71. The van der Waals surface area contributed by atoms with E-state index in [9.17, 15) is 39.7 Å². The van der Waals surface area contributed by atoms with Gasteiger partial charge in [0.1, 0.15) is 12.3 Å². The number of carboxylic acids is 1. The van der Waals surface area contributed by atoms with Crippen molar-refractivity contribution in [3.8, 4) is 0 Å². The number of ketones is 1.